The number of rotatable bonds is 3. The van der Waals surface area contributed by atoms with Gasteiger partial charge in [-0.1, -0.05) is 12.1 Å². The molecule has 2 nitrogen and oxygen atoms in total. The zero-order valence-corrected chi connectivity index (χ0v) is 12.5. The van der Waals surface area contributed by atoms with Crippen LogP contribution in [0.2, 0.25) is 0 Å². The van der Waals surface area contributed by atoms with Gasteiger partial charge in [0.25, 0.3) is 0 Å². The van der Waals surface area contributed by atoms with Crippen molar-refractivity contribution >= 4 is 15.9 Å². The first-order valence-corrected chi connectivity index (χ1v) is 6.84. The Bertz CT molecular complexity index is 579. The van der Waals surface area contributed by atoms with E-state index in [1.807, 2.05) is 25.1 Å². The monoisotopic (exact) mass is 322 g/mol. The summed E-state index contributed by atoms with van der Waals surface area (Å²) in [6, 6.07) is 8.98. The second-order valence-electron chi connectivity index (χ2n) is 5.03. The molecule has 0 spiro atoms. The van der Waals surface area contributed by atoms with Crippen molar-refractivity contribution < 1.29 is 4.39 Å². The fraction of sp³-hybridized carbons (Fsp3) is 0.267. The number of hydrogen-bond donors (Lipinski definition) is 1. The summed E-state index contributed by atoms with van der Waals surface area (Å²) in [6.07, 6.45) is 2.30. The molecule has 1 unspecified atom stereocenters. The lowest BCUT2D eigenvalue weighted by Crippen LogP contribution is -2.35. The molecule has 1 aromatic heterocycles. The molecule has 2 aromatic rings. The number of hydrogen-bond acceptors (Lipinski definition) is 2. The topological polar surface area (TPSA) is 38.9 Å². The van der Waals surface area contributed by atoms with Crippen molar-refractivity contribution in [2.75, 3.05) is 0 Å². The molecule has 2 N–H and O–H groups in total. The van der Waals surface area contributed by atoms with Gasteiger partial charge in [0.2, 0.25) is 0 Å². The summed E-state index contributed by atoms with van der Waals surface area (Å²) in [7, 11) is 0. The van der Waals surface area contributed by atoms with Crippen molar-refractivity contribution in [2.24, 2.45) is 5.73 Å². The lowest BCUT2D eigenvalue weighted by atomic mass is 9.87. The van der Waals surface area contributed by atoms with Gasteiger partial charge in [0.05, 0.1) is 0 Å². The van der Waals surface area contributed by atoms with Gasteiger partial charge in [0.1, 0.15) is 5.82 Å². The van der Waals surface area contributed by atoms with Crippen molar-refractivity contribution in [2.45, 2.75) is 25.8 Å². The molecule has 0 fully saturated rings. The van der Waals surface area contributed by atoms with Gasteiger partial charge in [-0.3, -0.25) is 4.98 Å². The van der Waals surface area contributed by atoms with Gasteiger partial charge in [0, 0.05) is 28.3 Å². The summed E-state index contributed by atoms with van der Waals surface area (Å²) < 4.78 is 14.6. The first-order chi connectivity index (χ1) is 8.88. The average Bonchev–Trinajstić information content (AvgIpc) is 2.35. The number of aromatic nitrogens is 1. The standard InChI is InChI=1S/C15H16BrFN2/c1-10-3-4-11(7-14(10)17)15(2,18)8-13-6-5-12(16)9-19-13/h3-7,9H,8,18H2,1-2H3. The molecule has 0 bridgehead atoms. The van der Waals surface area contributed by atoms with Crippen LogP contribution in [0.15, 0.2) is 41.0 Å². The van der Waals surface area contributed by atoms with E-state index in [0.717, 1.165) is 15.7 Å². The van der Waals surface area contributed by atoms with Gasteiger partial charge in [-0.2, -0.15) is 0 Å². The Hall–Kier alpha value is -1.26. The van der Waals surface area contributed by atoms with Crippen LogP contribution in [0.1, 0.15) is 23.7 Å². The zero-order valence-electron chi connectivity index (χ0n) is 11.0. The minimum absolute atomic E-state index is 0.224. The molecule has 19 heavy (non-hydrogen) atoms. The Balaban J connectivity index is 2.26. The van der Waals surface area contributed by atoms with E-state index in [9.17, 15) is 4.39 Å². The van der Waals surface area contributed by atoms with Crippen LogP contribution in [0, 0.1) is 12.7 Å². The average molecular weight is 323 g/mol. The van der Waals surface area contributed by atoms with Crippen LogP contribution in [0.3, 0.4) is 0 Å². The van der Waals surface area contributed by atoms with Gasteiger partial charge in [0.15, 0.2) is 0 Å². The number of halogens is 2. The molecule has 1 atom stereocenters. The maximum Gasteiger partial charge on any atom is 0.126 e. The highest BCUT2D eigenvalue weighted by molar-refractivity contribution is 9.10. The van der Waals surface area contributed by atoms with Crippen molar-refractivity contribution in [1.29, 1.82) is 0 Å². The predicted octanol–water partition coefficient (Wildman–Crippen LogP) is 3.71. The van der Waals surface area contributed by atoms with Crippen molar-refractivity contribution in [3.8, 4) is 0 Å². The van der Waals surface area contributed by atoms with E-state index in [1.54, 1.807) is 19.2 Å². The van der Waals surface area contributed by atoms with E-state index in [-0.39, 0.29) is 5.82 Å². The van der Waals surface area contributed by atoms with Crippen molar-refractivity contribution in [1.82, 2.24) is 4.98 Å². The van der Waals surface area contributed by atoms with Gasteiger partial charge >= 0.3 is 0 Å². The fourth-order valence-electron chi connectivity index (χ4n) is 1.94. The lowest BCUT2D eigenvalue weighted by molar-refractivity contribution is 0.480. The summed E-state index contributed by atoms with van der Waals surface area (Å²) in [4.78, 5) is 4.31. The molecule has 0 aliphatic rings. The van der Waals surface area contributed by atoms with Crippen LogP contribution in [0.4, 0.5) is 4.39 Å². The Labute approximate surface area is 121 Å². The van der Waals surface area contributed by atoms with Crippen LogP contribution in [-0.4, -0.2) is 4.98 Å². The molecule has 2 rings (SSSR count). The predicted molar refractivity (Wildman–Crippen MR) is 78.3 cm³/mol. The van der Waals surface area contributed by atoms with Crippen LogP contribution in [-0.2, 0) is 12.0 Å². The highest BCUT2D eigenvalue weighted by Crippen LogP contribution is 2.24. The lowest BCUT2D eigenvalue weighted by Gasteiger charge is -2.25. The number of aryl methyl sites for hydroxylation is 1. The SMILES string of the molecule is Cc1ccc(C(C)(N)Cc2ccc(Br)cn2)cc1F. The van der Waals surface area contributed by atoms with Gasteiger partial charge < -0.3 is 5.73 Å². The Morgan fingerprint density at radius 1 is 1.32 bits per heavy atom. The second kappa shape index (κ2) is 5.39. The maximum absolute atomic E-state index is 13.6. The third-order valence-corrected chi connectivity index (χ3v) is 3.64. The third kappa shape index (κ3) is 3.39. The first-order valence-electron chi connectivity index (χ1n) is 6.04. The molecular weight excluding hydrogens is 307 g/mol. The van der Waals surface area contributed by atoms with Crippen molar-refractivity contribution in [3.05, 3.63) is 63.6 Å². The minimum atomic E-state index is -0.643. The van der Waals surface area contributed by atoms with Crippen LogP contribution in [0.25, 0.3) is 0 Å². The number of benzene rings is 1. The summed E-state index contributed by atoms with van der Waals surface area (Å²) >= 11 is 3.34. The van der Waals surface area contributed by atoms with E-state index in [1.165, 1.54) is 6.07 Å². The molecule has 0 saturated carbocycles. The van der Waals surface area contributed by atoms with Crippen LogP contribution < -0.4 is 5.73 Å². The Morgan fingerprint density at radius 2 is 2.05 bits per heavy atom. The summed E-state index contributed by atoms with van der Waals surface area (Å²) in [6.45, 7) is 3.63. The van der Waals surface area contributed by atoms with E-state index < -0.39 is 5.54 Å². The Morgan fingerprint density at radius 3 is 2.63 bits per heavy atom. The highest BCUT2D eigenvalue weighted by Gasteiger charge is 2.23. The smallest absolute Gasteiger partial charge is 0.126 e. The van der Waals surface area contributed by atoms with Gasteiger partial charge in [-0.25, -0.2) is 4.39 Å². The zero-order chi connectivity index (χ0) is 14.0. The highest BCUT2D eigenvalue weighted by atomic mass is 79.9. The largest absolute Gasteiger partial charge is 0.321 e. The normalized spacial score (nSPS) is 14.2. The number of pyridine rings is 1. The molecule has 1 aromatic carbocycles. The minimum Gasteiger partial charge on any atom is -0.321 e. The van der Waals surface area contributed by atoms with Gasteiger partial charge in [-0.05, 0) is 59.1 Å². The molecule has 0 saturated heterocycles. The molecule has 0 amide bonds. The summed E-state index contributed by atoms with van der Waals surface area (Å²) in [5.41, 5.74) is 7.95. The molecular formula is C15H16BrFN2. The van der Waals surface area contributed by atoms with Crippen LogP contribution >= 0.6 is 15.9 Å². The van der Waals surface area contributed by atoms with E-state index in [4.69, 9.17) is 5.73 Å². The summed E-state index contributed by atoms with van der Waals surface area (Å²) in [5, 5.41) is 0. The molecule has 0 aliphatic carbocycles. The van der Waals surface area contributed by atoms with Crippen LogP contribution in [0.5, 0.6) is 0 Å². The quantitative estimate of drug-likeness (QED) is 0.935. The molecule has 100 valence electrons. The number of nitrogens with two attached hydrogens (primary N) is 1. The second-order valence-corrected chi connectivity index (χ2v) is 5.94. The van der Waals surface area contributed by atoms with E-state index >= 15 is 0 Å². The molecule has 0 aliphatic heterocycles. The number of nitrogens with zero attached hydrogens (tertiary/aromatic N) is 1. The maximum atomic E-state index is 13.6. The fourth-order valence-corrected chi connectivity index (χ4v) is 2.17. The summed E-state index contributed by atoms with van der Waals surface area (Å²) in [5.74, 6) is -0.224. The molecule has 0 radical (unpaired) electrons. The third-order valence-electron chi connectivity index (χ3n) is 3.17. The molecule has 1 heterocycles. The Kier molecular flexibility index (Phi) is 4.02. The van der Waals surface area contributed by atoms with Crippen molar-refractivity contribution in [3.63, 3.8) is 0 Å². The first kappa shape index (κ1) is 14.2. The van der Waals surface area contributed by atoms with Gasteiger partial charge in [-0.15, -0.1) is 0 Å². The molecule has 4 heteroatoms. The van der Waals surface area contributed by atoms with E-state index in [0.29, 0.717) is 12.0 Å². The van der Waals surface area contributed by atoms with E-state index in [2.05, 4.69) is 20.9 Å².